The van der Waals surface area contributed by atoms with Crippen LogP contribution in [-0.2, 0) is 0 Å². The standard InChI is InChI=1S/C10H15N/c11-8-7-10-4-1-9(2-5-10)3-6-10/h9H,1-7H2. The van der Waals surface area contributed by atoms with Gasteiger partial charge in [-0.25, -0.2) is 0 Å². The van der Waals surface area contributed by atoms with Gasteiger partial charge in [0.05, 0.1) is 6.07 Å². The molecule has 0 radical (unpaired) electrons. The van der Waals surface area contributed by atoms with Crippen molar-refractivity contribution in [1.82, 2.24) is 0 Å². The predicted molar refractivity (Wildman–Crippen MR) is 43.9 cm³/mol. The first-order chi connectivity index (χ1) is 5.35. The van der Waals surface area contributed by atoms with Crippen LogP contribution in [0.2, 0.25) is 0 Å². The molecule has 3 aliphatic rings. The van der Waals surface area contributed by atoms with Gasteiger partial charge in [-0.05, 0) is 49.9 Å². The topological polar surface area (TPSA) is 23.8 Å². The molecule has 0 amide bonds. The molecule has 1 heteroatoms. The summed E-state index contributed by atoms with van der Waals surface area (Å²) in [6, 6.07) is 2.35. The molecule has 0 aromatic heterocycles. The normalized spacial score (nSPS) is 41.9. The fraction of sp³-hybridized carbons (Fsp3) is 0.900. The van der Waals surface area contributed by atoms with Gasteiger partial charge in [0, 0.05) is 6.42 Å². The zero-order valence-corrected chi connectivity index (χ0v) is 6.97. The third-order valence-corrected chi connectivity index (χ3v) is 3.70. The smallest absolute Gasteiger partial charge is 0.0627 e. The van der Waals surface area contributed by atoms with Crippen LogP contribution in [-0.4, -0.2) is 0 Å². The van der Waals surface area contributed by atoms with Gasteiger partial charge in [-0.15, -0.1) is 0 Å². The Labute approximate surface area is 68.4 Å². The Morgan fingerprint density at radius 3 is 2.18 bits per heavy atom. The molecule has 3 saturated carbocycles. The Kier molecular flexibility index (Phi) is 1.64. The average Bonchev–Trinajstić information content (AvgIpc) is 2.07. The molecule has 3 fully saturated rings. The molecule has 0 aromatic carbocycles. The van der Waals surface area contributed by atoms with E-state index >= 15 is 0 Å². The van der Waals surface area contributed by atoms with Crippen molar-refractivity contribution < 1.29 is 0 Å². The minimum atomic E-state index is 0.476. The van der Waals surface area contributed by atoms with Crippen LogP contribution in [0.1, 0.15) is 44.9 Å². The number of hydrogen-bond donors (Lipinski definition) is 0. The monoisotopic (exact) mass is 149 g/mol. The lowest BCUT2D eigenvalue weighted by Gasteiger charge is -2.45. The van der Waals surface area contributed by atoms with Gasteiger partial charge in [0.15, 0.2) is 0 Å². The molecule has 0 aliphatic heterocycles. The summed E-state index contributed by atoms with van der Waals surface area (Å²) in [5.74, 6) is 1.02. The van der Waals surface area contributed by atoms with Crippen LogP contribution in [0.5, 0.6) is 0 Å². The molecule has 0 N–H and O–H groups in total. The first kappa shape index (κ1) is 7.16. The zero-order chi connectivity index (χ0) is 7.73. The van der Waals surface area contributed by atoms with E-state index in [-0.39, 0.29) is 0 Å². The molecular weight excluding hydrogens is 134 g/mol. The van der Waals surface area contributed by atoms with Crippen molar-refractivity contribution >= 4 is 0 Å². The van der Waals surface area contributed by atoms with Crippen molar-refractivity contribution in [3.8, 4) is 6.07 Å². The third kappa shape index (κ3) is 1.15. The maximum absolute atomic E-state index is 8.68. The Balaban J connectivity index is 2.07. The SMILES string of the molecule is N#CCC12CCC(CC1)CC2. The van der Waals surface area contributed by atoms with Gasteiger partial charge >= 0.3 is 0 Å². The fourth-order valence-corrected chi connectivity index (χ4v) is 2.77. The fourth-order valence-electron chi connectivity index (χ4n) is 2.77. The van der Waals surface area contributed by atoms with Gasteiger partial charge in [-0.1, -0.05) is 0 Å². The highest BCUT2D eigenvalue weighted by atomic mass is 14.4. The van der Waals surface area contributed by atoms with Crippen LogP contribution in [0.15, 0.2) is 0 Å². The maximum atomic E-state index is 8.68. The summed E-state index contributed by atoms with van der Waals surface area (Å²) in [7, 11) is 0. The minimum Gasteiger partial charge on any atom is -0.198 e. The molecule has 0 unspecified atom stereocenters. The summed E-state index contributed by atoms with van der Waals surface area (Å²) in [6.45, 7) is 0. The lowest BCUT2D eigenvalue weighted by atomic mass is 9.60. The van der Waals surface area contributed by atoms with E-state index in [0.717, 1.165) is 12.3 Å². The van der Waals surface area contributed by atoms with Crippen molar-refractivity contribution in [2.75, 3.05) is 0 Å². The van der Waals surface area contributed by atoms with Gasteiger partial charge in [-0.2, -0.15) is 5.26 Å². The van der Waals surface area contributed by atoms with Gasteiger partial charge < -0.3 is 0 Å². The summed E-state index contributed by atoms with van der Waals surface area (Å²) in [4.78, 5) is 0. The predicted octanol–water partition coefficient (Wildman–Crippen LogP) is 2.87. The van der Waals surface area contributed by atoms with Crippen LogP contribution in [0.4, 0.5) is 0 Å². The summed E-state index contributed by atoms with van der Waals surface area (Å²) < 4.78 is 0. The molecule has 0 aromatic rings. The number of hydrogen-bond acceptors (Lipinski definition) is 1. The molecule has 11 heavy (non-hydrogen) atoms. The Morgan fingerprint density at radius 2 is 1.73 bits per heavy atom. The molecule has 0 spiro atoms. The highest BCUT2D eigenvalue weighted by molar-refractivity contribution is 4.96. The summed E-state index contributed by atoms with van der Waals surface area (Å²) in [5, 5.41) is 8.68. The molecule has 60 valence electrons. The van der Waals surface area contributed by atoms with Crippen molar-refractivity contribution in [2.24, 2.45) is 11.3 Å². The molecule has 0 saturated heterocycles. The second-order valence-corrected chi connectivity index (χ2v) is 4.32. The Hall–Kier alpha value is -0.510. The van der Waals surface area contributed by atoms with E-state index in [9.17, 15) is 0 Å². The summed E-state index contributed by atoms with van der Waals surface area (Å²) in [6.07, 6.45) is 9.05. The van der Waals surface area contributed by atoms with Crippen molar-refractivity contribution in [2.45, 2.75) is 44.9 Å². The van der Waals surface area contributed by atoms with E-state index in [1.54, 1.807) is 0 Å². The number of fused-ring (bicyclic) bond motifs is 3. The van der Waals surface area contributed by atoms with Crippen molar-refractivity contribution in [3.63, 3.8) is 0 Å². The van der Waals surface area contributed by atoms with E-state index in [0.29, 0.717) is 5.41 Å². The van der Waals surface area contributed by atoms with Crippen LogP contribution in [0.3, 0.4) is 0 Å². The van der Waals surface area contributed by atoms with E-state index in [4.69, 9.17) is 5.26 Å². The second kappa shape index (κ2) is 2.52. The van der Waals surface area contributed by atoms with Crippen LogP contribution >= 0.6 is 0 Å². The molecule has 1 nitrogen and oxygen atoms in total. The summed E-state index contributed by atoms with van der Waals surface area (Å²) in [5.41, 5.74) is 0.476. The van der Waals surface area contributed by atoms with Crippen LogP contribution < -0.4 is 0 Å². The van der Waals surface area contributed by atoms with Gasteiger partial charge in [-0.3, -0.25) is 0 Å². The minimum absolute atomic E-state index is 0.476. The molecule has 3 aliphatic carbocycles. The Bertz CT molecular complexity index is 168. The molecule has 3 rings (SSSR count). The third-order valence-electron chi connectivity index (χ3n) is 3.70. The number of nitrogens with zero attached hydrogens (tertiary/aromatic N) is 1. The molecule has 0 atom stereocenters. The van der Waals surface area contributed by atoms with Crippen LogP contribution in [0, 0.1) is 22.7 Å². The first-order valence-electron chi connectivity index (χ1n) is 4.72. The summed E-state index contributed by atoms with van der Waals surface area (Å²) >= 11 is 0. The lowest BCUT2D eigenvalue weighted by molar-refractivity contribution is 0.0695. The molecule has 0 heterocycles. The van der Waals surface area contributed by atoms with E-state index in [2.05, 4.69) is 6.07 Å². The van der Waals surface area contributed by atoms with E-state index < -0.39 is 0 Å². The van der Waals surface area contributed by atoms with Gasteiger partial charge in [0.25, 0.3) is 0 Å². The quantitative estimate of drug-likeness (QED) is 0.562. The van der Waals surface area contributed by atoms with Gasteiger partial charge in [0.2, 0.25) is 0 Å². The number of nitriles is 1. The average molecular weight is 149 g/mol. The molecule has 2 bridgehead atoms. The van der Waals surface area contributed by atoms with Crippen LogP contribution in [0.25, 0.3) is 0 Å². The highest BCUT2D eigenvalue weighted by Crippen LogP contribution is 2.51. The largest absolute Gasteiger partial charge is 0.198 e. The van der Waals surface area contributed by atoms with Crippen molar-refractivity contribution in [3.05, 3.63) is 0 Å². The second-order valence-electron chi connectivity index (χ2n) is 4.32. The lowest BCUT2D eigenvalue weighted by Crippen LogP contribution is -2.33. The maximum Gasteiger partial charge on any atom is 0.0627 e. The zero-order valence-electron chi connectivity index (χ0n) is 6.97. The molecular formula is C10H15N. The number of rotatable bonds is 1. The Morgan fingerprint density at radius 1 is 1.18 bits per heavy atom. The van der Waals surface area contributed by atoms with E-state index in [1.807, 2.05) is 0 Å². The van der Waals surface area contributed by atoms with Gasteiger partial charge in [0.1, 0.15) is 0 Å². The first-order valence-corrected chi connectivity index (χ1v) is 4.72. The highest BCUT2D eigenvalue weighted by Gasteiger charge is 2.39. The van der Waals surface area contributed by atoms with E-state index in [1.165, 1.54) is 38.5 Å². The van der Waals surface area contributed by atoms with Crippen molar-refractivity contribution in [1.29, 1.82) is 5.26 Å².